The number of rotatable bonds is 7. The maximum Gasteiger partial charge on any atom is 0.407 e. The Hall–Kier alpha value is -3.10. The molecule has 1 fully saturated rings. The van der Waals surface area contributed by atoms with Crippen molar-refractivity contribution < 1.29 is 24.4 Å². The van der Waals surface area contributed by atoms with Gasteiger partial charge in [-0.05, 0) is 42.9 Å². The number of likely N-dealkylation sites (tertiary alicyclic amines) is 1. The van der Waals surface area contributed by atoms with E-state index in [0.29, 0.717) is 49.3 Å². The minimum Gasteiger partial charge on any atom is -0.466 e. The van der Waals surface area contributed by atoms with E-state index in [0.717, 1.165) is 0 Å². The minimum absolute atomic E-state index is 0.0132. The Morgan fingerprint density at radius 3 is 2.50 bits per heavy atom. The highest BCUT2D eigenvalue weighted by Gasteiger charge is 2.31. The van der Waals surface area contributed by atoms with E-state index in [2.05, 4.69) is 4.74 Å². The van der Waals surface area contributed by atoms with Crippen molar-refractivity contribution in [2.75, 3.05) is 31.6 Å². The third kappa shape index (κ3) is 5.71. The van der Waals surface area contributed by atoms with Crippen molar-refractivity contribution in [1.82, 2.24) is 4.90 Å². The van der Waals surface area contributed by atoms with Crippen molar-refractivity contribution in [3.8, 4) is 0 Å². The second-order valence-electron chi connectivity index (χ2n) is 7.86. The van der Waals surface area contributed by atoms with Gasteiger partial charge < -0.3 is 19.6 Å². The number of carbonyl (C=O) groups excluding carboxylic acids is 1. The van der Waals surface area contributed by atoms with E-state index in [-0.39, 0.29) is 17.6 Å². The van der Waals surface area contributed by atoms with Gasteiger partial charge in [0.1, 0.15) is 5.69 Å². The van der Waals surface area contributed by atoms with Crippen LogP contribution in [0.5, 0.6) is 0 Å². The summed E-state index contributed by atoms with van der Waals surface area (Å²) in [5.74, 6) is -0.256. The second kappa shape index (κ2) is 10.1. The van der Waals surface area contributed by atoms with Crippen molar-refractivity contribution in [2.45, 2.75) is 39.7 Å². The molecule has 0 radical (unpaired) electrons. The number of ether oxygens (including phenoxy) is 1. The summed E-state index contributed by atoms with van der Waals surface area (Å²) in [6.07, 6.45) is 1.58. The molecule has 0 bridgehead atoms. The van der Waals surface area contributed by atoms with E-state index < -0.39 is 17.0 Å². The molecule has 1 aromatic carbocycles. The summed E-state index contributed by atoms with van der Waals surface area (Å²) in [5, 5.41) is 21.1. The van der Waals surface area contributed by atoms with Crippen LogP contribution in [0.25, 0.3) is 5.57 Å². The summed E-state index contributed by atoms with van der Waals surface area (Å²) in [5.41, 5.74) is 1.62. The van der Waals surface area contributed by atoms with Gasteiger partial charge in [0, 0.05) is 37.8 Å². The average Bonchev–Trinajstić information content (AvgIpc) is 2.71. The maximum atomic E-state index is 11.9. The van der Waals surface area contributed by atoms with Crippen LogP contribution < -0.4 is 4.90 Å². The Kier molecular flexibility index (Phi) is 7.79. The van der Waals surface area contributed by atoms with Gasteiger partial charge in [-0.2, -0.15) is 0 Å². The molecule has 164 valence electrons. The molecule has 9 nitrogen and oxygen atoms in total. The molecule has 0 saturated carbocycles. The van der Waals surface area contributed by atoms with Gasteiger partial charge >= 0.3 is 12.1 Å². The number of carbonyl (C=O) groups is 2. The van der Waals surface area contributed by atoms with E-state index in [1.54, 1.807) is 19.1 Å². The number of methoxy groups -OCH3 is 1. The fourth-order valence-corrected chi connectivity index (χ4v) is 3.68. The Bertz CT molecular complexity index is 828. The van der Waals surface area contributed by atoms with Crippen molar-refractivity contribution in [2.24, 2.45) is 5.92 Å². The van der Waals surface area contributed by atoms with Gasteiger partial charge in [0.2, 0.25) is 0 Å². The largest absolute Gasteiger partial charge is 0.466 e. The normalized spacial score (nSPS) is 15.2. The molecule has 1 aromatic rings. The van der Waals surface area contributed by atoms with Crippen molar-refractivity contribution >= 4 is 29.0 Å². The van der Waals surface area contributed by atoms with Crippen molar-refractivity contribution in [3.05, 3.63) is 40.0 Å². The fraction of sp³-hybridized carbons (Fsp3) is 0.524. The lowest BCUT2D eigenvalue weighted by molar-refractivity contribution is -0.384. The molecule has 1 saturated heterocycles. The van der Waals surface area contributed by atoms with Gasteiger partial charge in [-0.25, -0.2) is 9.59 Å². The zero-order valence-corrected chi connectivity index (χ0v) is 17.8. The number of hydrogen-bond acceptors (Lipinski definition) is 6. The molecular weight excluding hydrogens is 390 g/mol. The lowest BCUT2D eigenvalue weighted by Crippen LogP contribution is -2.47. The van der Waals surface area contributed by atoms with Gasteiger partial charge in [0.05, 0.1) is 12.0 Å². The molecule has 1 amide bonds. The highest BCUT2D eigenvalue weighted by Crippen LogP contribution is 2.35. The second-order valence-corrected chi connectivity index (χ2v) is 7.86. The van der Waals surface area contributed by atoms with Crippen LogP contribution in [0.4, 0.5) is 16.2 Å². The molecule has 1 N–H and O–H groups in total. The van der Waals surface area contributed by atoms with Crippen LogP contribution in [0.2, 0.25) is 0 Å². The minimum atomic E-state index is -0.938. The Balaban J connectivity index is 2.40. The summed E-state index contributed by atoms with van der Waals surface area (Å²) >= 11 is 0. The number of nitrogens with zero attached hydrogens (tertiary/aromatic N) is 3. The van der Waals surface area contributed by atoms with E-state index in [1.807, 2.05) is 18.7 Å². The van der Waals surface area contributed by atoms with Gasteiger partial charge in [-0.1, -0.05) is 19.9 Å². The number of nitro benzene ring substituents is 1. The van der Waals surface area contributed by atoms with E-state index in [1.165, 1.54) is 24.2 Å². The zero-order valence-electron chi connectivity index (χ0n) is 17.8. The van der Waals surface area contributed by atoms with Gasteiger partial charge in [0.25, 0.3) is 5.69 Å². The molecule has 30 heavy (non-hydrogen) atoms. The number of anilines is 1. The summed E-state index contributed by atoms with van der Waals surface area (Å²) in [7, 11) is 1.27. The van der Waals surface area contributed by atoms with Crippen LogP contribution in [-0.4, -0.2) is 59.8 Å². The smallest absolute Gasteiger partial charge is 0.407 e. The molecule has 0 spiro atoms. The predicted molar refractivity (Wildman–Crippen MR) is 114 cm³/mol. The molecular formula is C21H29N3O6. The molecule has 0 aromatic heterocycles. The lowest BCUT2D eigenvalue weighted by atomic mass is 9.99. The van der Waals surface area contributed by atoms with Crippen molar-refractivity contribution in [1.29, 1.82) is 0 Å². The van der Waals surface area contributed by atoms with Crippen LogP contribution >= 0.6 is 0 Å². The first-order valence-corrected chi connectivity index (χ1v) is 9.93. The zero-order chi connectivity index (χ0) is 22.4. The Morgan fingerprint density at radius 1 is 1.37 bits per heavy atom. The van der Waals surface area contributed by atoms with Gasteiger partial charge in [-0.3, -0.25) is 10.1 Å². The molecule has 2 rings (SSSR count). The highest BCUT2D eigenvalue weighted by atomic mass is 16.6. The summed E-state index contributed by atoms with van der Waals surface area (Å²) in [6, 6.07) is 4.97. The number of esters is 1. The van der Waals surface area contributed by atoms with Gasteiger partial charge in [-0.15, -0.1) is 0 Å². The van der Waals surface area contributed by atoms with Crippen molar-refractivity contribution in [3.63, 3.8) is 0 Å². The Labute approximate surface area is 176 Å². The van der Waals surface area contributed by atoms with E-state index in [9.17, 15) is 24.8 Å². The van der Waals surface area contributed by atoms with Gasteiger partial charge in [0.15, 0.2) is 0 Å². The standard InChI is InChI=1S/C21H29N3O6/c1-14(2)13-23(17-7-9-22(10-8-17)21(26)27)18-6-5-16(12-19(18)24(28)29)15(3)11-20(25)30-4/h5-6,11-12,14,17H,7-10,13H2,1-4H3,(H,26,27)/b15-11+. The summed E-state index contributed by atoms with van der Waals surface area (Å²) in [4.78, 5) is 37.6. The monoisotopic (exact) mass is 419 g/mol. The quantitative estimate of drug-likeness (QED) is 0.310. The maximum absolute atomic E-state index is 11.9. The molecule has 0 aliphatic carbocycles. The number of allylic oxidation sites excluding steroid dienone is 1. The van der Waals surface area contributed by atoms with Crippen LogP contribution in [0.1, 0.15) is 39.2 Å². The fourth-order valence-electron chi connectivity index (χ4n) is 3.68. The number of amides is 1. The first kappa shape index (κ1) is 23.2. The number of carboxylic acid groups (broad SMARTS) is 1. The number of nitro groups is 1. The molecule has 0 unspecified atom stereocenters. The first-order valence-electron chi connectivity index (χ1n) is 9.93. The molecule has 0 atom stereocenters. The number of hydrogen-bond donors (Lipinski definition) is 1. The lowest BCUT2D eigenvalue weighted by Gasteiger charge is -2.39. The SMILES string of the molecule is COC(=O)/C=C(\C)c1ccc(N(CC(C)C)C2CCN(C(=O)O)CC2)c([N+](=O)[O-])c1. The van der Waals surface area contributed by atoms with Crippen LogP contribution in [0.15, 0.2) is 24.3 Å². The van der Waals surface area contributed by atoms with Crippen LogP contribution in [-0.2, 0) is 9.53 Å². The third-order valence-electron chi connectivity index (χ3n) is 5.21. The topological polar surface area (TPSA) is 113 Å². The molecule has 1 heterocycles. The molecule has 9 heteroatoms. The van der Waals surface area contributed by atoms with E-state index >= 15 is 0 Å². The summed E-state index contributed by atoms with van der Waals surface area (Å²) < 4.78 is 4.63. The summed E-state index contributed by atoms with van der Waals surface area (Å²) in [6.45, 7) is 7.21. The Morgan fingerprint density at radius 2 is 2.00 bits per heavy atom. The highest BCUT2D eigenvalue weighted by molar-refractivity contribution is 5.91. The molecule has 1 aliphatic heterocycles. The molecule has 1 aliphatic rings. The van der Waals surface area contributed by atoms with Crippen LogP contribution in [0, 0.1) is 16.0 Å². The predicted octanol–water partition coefficient (Wildman–Crippen LogP) is 3.78. The first-order chi connectivity index (χ1) is 14.1. The average molecular weight is 419 g/mol. The van der Waals surface area contributed by atoms with E-state index in [4.69, 9.17) is 0 Å². The van der Waals surface area contributed by atoms with Crippen LogP contribution in [0.3, 0.4) is 0 Å². The number of benzene rings is 1. The third-order valence-corrected chi connectivity index (χ3v) is 5.21. The number of piperidine rings is 1.